The van der Waals surface area contributed by atoms with Crippen LogP contribution in [0.15, 0.2) is 76.8 Å². The molecule has 4 rings (SSSR count). The summed E-state index contributed by atoms with van der Waals surface area (Å²) in [6.45, 7) is 8.17. The van der Waals surface area contributed by atoms with Crippen LogP contribution in [-0.4, -0.2) is 58.1 Å². The largest absolute Gasteiger partial charge is 0.345 e. The predicted molar refractivity (Wildman–Crippen MR) is 164 cm³/mol. The van der Waals surface area contributed by atoms with Gasteiger partial charge in [0.25, 0.3) is 5.91 Å². The molecule has 4 aromatic rings. The first-order chi connectivity index (χ1) is 20.5. The van der Waals surface area contributed by atoms with Crippen LogP contribution in [0.4, 0.5) is 10.1 Å². The summed E-state index contributed by atoms with van der Waals surface area (Å²) in [4.78, 5) is 25.7. The van der Waals surface area contributed by atoms with Crippen molar-refractivity contribution in [1.82, 2.24) is 24.4 Å². The molecule has 0 aliphatic rings. The van der Waals surface area contributed by atoms with E-state index in [-0.39, 0.29) is 23.1 Å². The van der Waals surface area contributed by atoms with Crippen molar-refractivity contribution in [3.05, 3.63) is 95.1 Å². The minimum absolute atomic E-state index is 0.0233. The summed E-state index contributed by atoms with van der Waals surface area (Å²) in [6.07, 6.45) is 0. The molecule has 226 valence electrons. The number of anilines is 1. The Labute approximate surface area is 254 Å². The third-order valence-electron chi connectivity index (χ3n) is 6.63. The van der Waals surface area contributed by atoms with Crippen molar-refractivity contribution in [2.45, 2.75) is 44.3 Å². The maximum atomic E-state index is 13.2. The summed E-state index contributed by atoms with van der Waals surface area (Å²) in [6, 6.07) is 17.2. The molecule has 1 aromatic heterocycles. The van der Waals surface area contributed by atoms with Crippen molar-refractivity contribution in [3.8, 4) is 5.69 Å². The second-order valence-corrected chi connectivity index (χ2v) is 12.5. The summed E-state index contributed by atoms with van der Waals surface area (Å²) in [5, 5.41) is 14.6. The highest BCUT2D eigenvalue weighted by atomic mass is 32.2. The van der Waals surface area contributed by atoms with E-state index >= 15 is 0 Å². The Bertz CT molecular complexity index is 1700. The third-order valence-corrected chi connectivity index (χ3v) is 9.63. The number of carbonyl (C=O) groups excluding carboxylic acids is 2. The van der Waals surface area contributed by atoms with E-state index in [1.807, 2.05) is 32.0 Å². The van der Waals surface area contributed by atoms with Crippen molar-refractivity contribution in [2.75, 3.05) is 24.2 Å². The number of sulfonamides is 1. The molecule has 0 spiro atoms. The van der Waals surface area contributed by atoms with Gasteiger partial charge < -0.3 is 10.6 Å². The minimum Gasteiger partial charge on any atom is -0.345 e. The summed E-state index contributed by atoms with van der Waals surface area (Å²) in [5.41, 5.74) is 3.53. The number of thioether (sulfide) groups is 1. The van der Waals surface area contributed by atoms with Crippen molar-refractivity contribution < 1.29 is 22.4 Å². The van der Waals surface area contributed by atoms with Gasteiger partial charge in [-0.3, -0.25) is 14.2 Å². The number of rotatable bonds is 12. The molecule has 2 N–H and O–H groups in total. The third kappa shape index (κ3) is 7.66. The Kier molecular flexibility index (Phi) is 10.3. The lowest BCUT2D eigenvalue weighted by Crippen LogP contribution is -2.30. The van der Waals surface area contributed by atoms with Crippen LogP contribution in [-0.2, 0) is 21.4 Å². The average molecular weight is 625 g/mol. The molecule has 0 fully saturated rings. The molecule has 10 nitrogen and oxygen atoms in total. The Morgan fingerprint density at radius 2 is 1.63 bits per heavy atom. The van der Waals surface area contributed by atoms with E-state index in [9.17, 15) is 22.4 Å². The molecule has 0 radical (unpaired) electrons. The molecule has 0 atom stereocenters. The zero-order valence-electron chi connectivity index (χ0n) is 24.3. The molecule has 13 heteroatoms. The maximum Gasteiger partial charge on any atom is 0.251 e. The topological polar surface area (TPSA) is 126 Å². The molecule has 0 saturated carbocycles. The molecule has 3 aromatic carbocycles. The molecular weight excluding hydrogens is 592 g/mol. The Morgan fingerprint density at radius 3 is 2.28 bits per heavy atom. The quantitative estimate of drug-likeness (QED) is 0.219. The smallest absolute Gasteiger partial charge is 0.251 e. The zero-order chi connectivity index (χ0) is 31.1. The number of aromatic nitrogens is 3. The monoisotopic (exact) mass is 624 g/mol. The number of nitrogens with one attached hydrogen (secondary N) is 2. The molecule has 0 saturated heterocycles. The lowest BCUT2D eigenvalue weighted by Gasteiger charge is -2.18. The van der Waals surface area contributed by atoms with Gasteiger partial charge in [0.05, 0.1) is 22.9 Å². The zero-order valence-corrected chi connectivity index (χ0v) is 25.9. The molecule has 0 unspecified atom stereocenters. The number of hydrogen-bond acceptors (Lipinski definition) is 7. The summed E-state index contributed by atoms with van der Waals surface area (Å²) < 4.78 is 41.9. The highest BCUT2D eigenvalue weighted by molar-refractivity contribution is 7.99. The van der Waals surface area contributed by atoms with Gasteiger partial charge in [-0.05, 0) is 79.6 Å². The predicted octanol–water partition coefficient (Wildman–Crippen LogP) is 4.71. The number of amides is 2. The van der Waals surface area contributed by atoms with Gasteiger partial charge in [0.2, 0.25) is 15.9 Å². The highest BCUT2D eigenvalue weighted by Crippen LogP contribution is 2.26. The van der Waals surface area contributed by atoms with E-state index < -0.39 is 21.7 Å². The van der Waals surface area contributed by atoms with Gasteiger partial charge in [-0.15, -0.1) is 10.2 Å². The summed E-state index contributed by atoms with van der Waals surface area (Å²) in [7, 11) is -3.64. The standard InChI is InChI=1S/C30H33FN6O4S2/c1-5-36(6-2)43(40,41)25-15-9-22(10-16-25)29(39)32-18-27-34-35-30(37(27)26-17-20(3)7-8-21(26)4)42-19-28(38)33-24-13-11-23(31)12-14-24/h7-17H,5-6,18-19H2,1-4H3,(H,32,39)(H,33,38). The number of hydrogen-bond donors (Lipinski definition) is 2. The van der Waals surface area contributed by atoms with Gasteiger partial charge in [-0.25, -0.2) is 12.8 Å². The summed E-state index contributed by atoms with van der Waals surface area (Å²) >= 11 is 1.18. The van der Waals surface area contributed by atoms with Crippen LogP contribution < -0.4 is 10.6 Å². The number of benzene rings is 3. The maximum absolute atomic E-state index is 13.2. The fraction of sp³-hybridized carbons (Fsp3) is 0.267. The van der Waals surface area contributed by atoms with Crippen LogP contribution in [0.1, 0.15) is 41.2 Å². The molecule has 1 heterocycles. The van der Waals surface area contributed by atoms with Gasteiger partial charge >= 0.3 is 0 Å². The normalized spacial score (nSPS) is 11.5. The van der Waals surface area contributed by atoms with Gasteiger partial charge in [0.15, 0.2) is 11.0 Å². The van der Waals surface area contributed by atoms with Crippen LogP contribution in [0.3, 0.4) is 0 Å². The van der Waals surface area contributed by atoms with Crippen LogP contribution in [0.5, 0.6) is 0 Å². The van der Waals surface area contributed by atoms with E-state index in [1.54, 1.807) is 18.4 Å². The first kappa shape index (κ1) is 31.9. The van der Waals surface area contributed by atoms with E-state index in [0.29, 0.717) is 35.3 Å². The number of aryl methyl sites for hydroxylation is 2. The highest BCUT2D eigenvalue weighted by Gasteiger charge is 2.22. The Balaban J connectivity index is 1.51. The van der Waals surface area contributed by atoms with Crippen molar-refractivity contribution in [3.63, 3.8) is 0 Å². The molecule has 0 aliphatic carbocycles. The van der Waals surface area contributed by atoms with Crippen LogP contribution in [0.25, 0.3) is 5.69 Å². The van der Waals surface area contributed by atoms with E-state index in [1.165, 1.54) is 64.6 Å². The van der Waals surface area contributed by atoms with Crippen LogP contribution >= 0.6 is 11.8 Å². The molecule has 0 bridgehead atoms. The van der Waals surface area contributed by atoms with E-state index in [4.69, 9.17) is 0 Å². The van der Waals surface area contributed by atoms with Gasteiger partial charge in [-0.2, -0.15) is 4.31 Å². The lowest BCUT2D eigenvalue weighted by molar-refractivity contribution is -0.113. The fourth-order valence-electron chi connectivity index (χ4n) is 4.32. The fourth-order valence-corrected chi connectivity index (χ4v) is 6.54. The van der Waals surface area contributed by atoms with Crippen molar-refractivity contribution >= 4 is 39.3 Å². The average Bonchev–Trinajstić information content (AvgIpc) is 3.40. The molecule has 43 heavy (non-hydrogen) atoms. The number of nitrogens with zero attached hydrogens (tertiary/aromatic N) is 4. The first-order valence-corrected chi connectivity index (χ1v) is 16.0. The second-order valence-electron chi connectivity index (χ2n) is 9.66. The molecule has 0 aliphatic heterocycles. The second kappa shape index (κ2) is 13.9. The van der Waals surface area contributed by atoms with Crippen LogP contribution in [0.2, 0.25) is 0 Å². The molecule has 2 amide bonds. The van der Waals surface area contributed by atoms with Crippen LogP contribution in [0, 0.1) is 19.7 Å². The SMILES string of the molecule is CCN(CC)S(=O)(=O)c1ccc(C(=O)NCc2nnc(SCC(=O)Nc3ccc(F)cc3)n2-c2cc(C)ccc2C)cc1. The van der Waals surface area contributed by atoms with Gasteiger partial charge in [0.1, 0.15) is 5.82 Å². The van der Waals surface area contributed by atoms with Crippen molar-refractivity contribution in [1.29, 1.82) is 0 Å². The van der Waals surface area contributed by atoms with E-state index in [2.05, 4.69) is 20.8 Å². The molecular formula is C30H33FN6O4S2. The number of halogens is 1. The lowest BCUT2D eigenvalue weighted by atomic mass is 10.1. The van der Waals surface area contributed by atoms with Gasteiger partial charge in [0, 0.05) is 24.3 Å². The van der Waals surface area contributed by atoms with E-state index in [0.717, 1.165) is 16.8 Å². The summed E-state index contributed by atoms with van der Waals surface area (Å²) in [5.74, 6) is -0.628. The Hall–Kier alpha value is -4.07. The Morgan fingerprint density at radius 1 is 0.953 bits per heavy atom. The minimum atomic E-state index is -3.64. The first-order valence-electron chi connectivity index (χ1n) is 13.6. The van der Waals surface area contributed by atoms with Gasteiger partial charge in [-0.1, -0.05) is 37.7 Å². The number of carbonyl (C=O) groups is 2. The van der Waals surface area contributed by atoms with Crippen molar-refractivity contribution in [2.24, 2.45) is 0 Å².